The van der Waals surface area contributed by atoms with Crippen LogP contribution < -0.4 is 4.74 Å². The summed E-state index contributed by atoms with van der Waals surface area (Å²) in [5.74, 6) is 0.510. The van der Waals surface area contributed by atoms with Gasteiger partial charge in [-0.2, -0.15) is 5.26 Å². The molecule has 0 heterocycles. The molecule has 0 saturated carbocycles. The van der Waals surface area contributed by atoms with Gasteiger partial charge >= 0.3 is 0 Å². The maximum atomic E-state index is 12.1. The molecule has 0 aliphatic heterocycles. The molecule has 0 N–H and O–H groups in total. The molecule has 22 heavy (non-hydrogen) atoms. The van der Waals surface area contributed by atoms with E-state index in [-0.39, 0.29) is 12.4 Å². The number of allylic oxidation sites excluding steroid dienone is 1. The van der Waals surface area contributed by atoms with Crippen molar-refractivity contribution in [2.75, 3.05) is 12.9 Å². The van der Waals surface area contributed by atoms with Gasteiger partial charge in [0.05, 0.1) is 0 Å². The molecule has 0 aromatic heterocycles. The minimum absolute atomic E-state index is 0.000757. The average Bonchev–Trinajstić information content (AvgIpc) is 2.58. The van der Waals surface area contributed by atoms with Crippen molar-refractivity contribution in [2.24, 2.45) is 0 Å². The van der Waals surface area contributed by atoms with E-state index in [1.807, 2.05) is 36.6 Å². The summed E-state index contributed by atoms with van der Waals surface area (Å²) in [5.41, 5.74) is 1.57. The van der Waals surface area contributed by atoms with Crippen molar-refractivity contribution in [3.63, 3.8) is 0 Å². The third-order valence-electron chi connectivity index (χ3n) is 2.99. The number of nitrogens with zero attached hydrogens (tertiary/aromatic N) is 1. The van der Waals surface area contributed by atoms with Crippen LogP contribution in [0.3, 0.4) is 0 Å². The molecule has 0 unspecified atom stereocenters. The van der Waals surface area contributed by atoms with Gasteiger partial charge in [0.2, 0.25) is 0 Å². The van der Waals surface area contributed by atoms with E-state index < -0.39 is 0 Å². The highest BCUT2D eigenvalue weighted by Gasteiger charge is 2.02. The summed E-state index contributed by atoms with van der Waals surface area (Å²) in [6.07, 6.45) is 5.38. The van der Waals surface area contributed by atoms with Crippen molar-refractivity contribution in [3.05, 3.63) is 65.7 Å². The predicted octanol–water partition coefficient (Wildman–Crippen LogP) is 4.21. The number of carbonyl (C=O) groups is 1. The minimum atomic E-state index is -0.0687. The van der Waals surface area contributed by atoms with Crippen LogP contribution in [-0.4, -0.2) is 18.6 Å². The number of rotatable bonds is 6. The third kappa shape index (κ3) is 4.51. The van der Waals surface area contributed by atoms with Gasteiger partial charge < -0.3 is 4.74 Å². The molecule has 0 radical (unpaired) electrons. The van der Waals surface area contributed by atoms with Gasteiger partial charge in [0.1, 0.15) is 11.8 Å². The van der Waals surface area contributed by atoms with Gasteiger partial charge in [-0.3, -0.25) is 4.79 Å². The quantitative estimate of drug-likeness (QED) is 0.456. The molecule has 0 bridgehead atoms. The van der Waals surface area contributed by atoms with Gasteiger partial charge in [0, 0.05) is 10.5 Å². The molecule has 0 saturated heterocycles. The fraction of sp³-hybridized carbons (Fsp3) is 0.111. The summed E-state index contributed by atoms with van der Waals surface area (Å²) in [6.45, 7) is -0.000757. The topological polar surface area (TPSA) is 50.1 Å². The standard InChI is InChI=1S/C18H15NO2S/c1-22-17-9-2-14(3-10-17)4-11-18(20)15-5-7-16(8-6-15)21-13-12-19/h2-11H,13H2,1H3/b11-4+. The fourth-order valence-corrected chi connectivity index (χ4v) is 2.22. The van der Waals surface area contributed by atoms with E-state index in [9.17, 15) is 4.79 Å². The van der Waals surface area contributed by atoms with Crippen LogP contribution in [0, 0.1) is 11.3 Å². The second-order valence-electron chi connectivity index (χ2n) is 4.44. The molecular weight excluding hydrogens is 294 g/mol. The number of nitriles is 1. The van der Waals surface area contributed by atoms with Crippen LogP contribution in [0.25, 0.3) is 6.08 Å². The zero-order valence-electron chi connectivity index (χ0n) is 12.2. The maximum absolute atomic E-state index is 12.1. The van der Waals surface area contributed by atoms with E-state index in [1.165, 1.54) is 4.90 Å². The van der Waals surface area contributed by atoms with Crippen molar-refractivity contribution >= 4 is 23.6 Å². The van der Waals surface area contributed by atoms with Crippen LogP contribution in [0.15, 0.2) is 59.5 Å². The van der Waals surface area contributed by atoms with Crippen molar-refractivity contribution < 1.29 is 9.53 Å². The number of hydrogen-bond donors (Lipinski definition) is 0. The highest BCUT2D eigenvalue weighted by Crippen LogP contribution is 2.16. The summed E-state index contributed by atoms with van der Waals surface area (Å²) in [7, 11) is 0. The Labute approximate surface area is 134 Å². The van der Waals surface area contributed by atoms with E-state index >= 15 is 0 Å². The fourth-order valence-electron chi connectivity index (χ4n) is 1.81. The van der Waals surface area contributed by atoms with E-state index in [2.05, 4.69) is 0 Å². The molecule has 0 fully saturated rings. The Hall–Kier alpha value is -2.51. The highest BCUT2D eigenvalue weighted by molar-refractivity contribution is 7.98. The molecule has 2 rings (SSSR count). The molecule has 4 heteroatoms. The summed E-state index contributed by atoms with van der Waals surface area (Å²) in [6, 6.07) is 16.7. The van der Waals surface area contributed by atoms with E-state index in [0.29, 0.717) is 11.3 Å². The Kier molecular flexibility index (Phi) is 5.81. The molecule has 3 nitrogen and oxygen atoms in total. The lowest BCUT2D eigenvalue weighted by Crippen LogP contribution is -1.96. The molecule has 2 aromatic carbocycles. The number of thioether (sulfide) groups is 1. The smallest absolute Gasteiger partial charge is 0.185 e. The first-order valence-corrected chi connectivity index (χ1v) is 7.91. The van der Waals surface area contributed by atoms with Gasteiger partial charge in [0.15, 0.2) is 12.4 Å². The van der Waals surface area contributed by atoms with Gasteiger partial charge in [-0.05, 0) is 54.3 Å². The van der Waals surface area contributed by atoms with Gasteiger partial charge in [-0.1, -0.05) is 18.2 Å². The second-order valence-corrected chi connectivity index (χ2v) is 5.32. The predicted molar refractivity (Wildman–Crippen MR) is 89.1 cm³/mol. The van der Waals surface area contributed by atoms with Crippen LogP contribution in [0.5, 0.6) is 5.75 Å². The summed E-state index contributed by atoms with van der Waals surface area (Å²) in [5, 5.41) is 8.44. The van der Waals surface area contributed by atoms with Crippen LogP contribution in [0.1, 0.15) is 15.9 Å². The number of carbonyl (C=O) groups excluding carboxylic acids is 1. The molecule has 2 aromatic rings. The van der Waals surface area contributed by atoms with Crippen molar-refractivity contribution in [1.82, 2.24) is 0 Å². The minimum Gasteiger partial charge on any atom is -0.479 e. The largest absolute Gasteiger partial charge is 0.479 e. The average molecular weight is 309 g/mol. The summed E-state index contributed by atoms with van der Waals surface area (Å²) >= 11 is 1.68. The van der Waals surface area contributed by atoms with Crippen LogP contribution in [0.4, 0.5) is 0 Å². The second kappa shape index (κ2) is 8.06. The van der Waals surface area contributed by atoms with E-state index in [4.69, 9.17) is 10.00 Å². The lowest BCUT2D eigenvalue weighted by molar-refractivity contribution is 0.104. The van der Waals surface area contributed by atoms with Gasteiger partial charge in [0.25, 0.3) is 0 Å². The molecule has 0 aliphatic rings. The Morgan fingerprint density at radius 3 is 2.45 bits per heavy atom. The van der Waals surface area contributed by atoms with Crippen molar-refractivity contribution in [3.8, 4) is 11.8 Å². The molecule has 0 spiro atoms. The first-order chi connectivity index (χ1) is 10.7. The Balaban J connectivity index is 2.01. The SMILES string of the molecule is CSc1ccc(/C=C/C(=O)c2ccc(OCC#N)cc2)cc1. The Morgan fingerprint density at radius 1 is 1.18 bits per heavy atom. The molecular formula is C18H15NO2S. The Bertz CT molecular complexity index is 697. The third-order valence-corrected chi connectivity index (χ3v) is 3.73. The van der Waals surface area contributed by atoms with Gasteiger partial charge in [-0.25, -0.2) is 0 Å². The molecule has 0 atom stereocenters. The zero-order chi connectivity index (χ0) is 15.8. The molecule has 0 amide bonds. The normalized spacial score (nSPS) is 10.4. The number of hydrogen-bond acceptors (Lipinski definition) is 4. The Morgan fingerprint density at radius 2 is 1.86 bits per heavy atom. The lowest BCUT2D eigenvalue weighted by Gasteiger charge is -2.02. The van der Waals surface area contributed by atoms with Crippen molar-refractivity contribution in [2.45, 2.75) is 4.90 Å². The summed E-state index contributed by atoms with van der Waals surface area (Å²) < 4.78 is 5.15. The number of benzene rings is 2. The number of ketones is 1. The van der Waals surface area contributed by atoms with Crippen LogP contribution in [0.2, 0.25) is 0 Å². The molecule has 110 valence electrons. The highest BCUT2D eigenvalue weighted by atomic mass is 32.2. The molecule has 0 aliphatic carbocycles. The first-order valence-electron chi connectivity index (χ1n) is 6.69. The number of ether oxygens (including phenoxy) is 1. The van der Waals surface area contributed by atoms with E-state index in [0.717, 1.165) is 5.56 Å². The maximum Gasteiger partial charge on any atom is 0.185 e. The monoisotopic (exact) mass is 309 g/mol. The zero-order valence-corrected chi connectivity index (χ0v) is 13.0. The summed E-state index contributed by atoms with van der Waals surface area (Å²) in [4.78, 5) is 13.3. The van der Waals surface area contributed by atoms with Crippen LogP contribution >= 0.6 is 11.8 Å². The first kappa shape index (κ1) is 15.9. The lowest BCUT2D eigenvalue weighted by atomic mass is 10.1. The van der Waals surface area contributed by atoms with Crippen molar-refractivity contribution in [1.29, 1.82) is 5.26 Å². The van der Waals surface area contributed by atoms with Crippen LogP contribution in [-0.2, 0) is 0 Å². The van der Waals surface area contributed by atoms with Gasteiger partial charge in [-0.15, -0.1) is 11.8 Å². The van der Waals surface area contributed by atoms with E-state index in [1.54, 1.807) is 48.2 Å².